The molecule has 3 nitrogen and oxygen atoms in total. The fourth-order valence-electron chi connectivity index (χ4n) is 2.14. The Morgan fingerprint density at radius 1 is 1.28 bits per heavy atom. The summed E-state index contributed by atoms with van der Waals surface area (Å²) in [5.41, 5.74) is 2.25. The van der Waals surface area contributed by atoms with E-state index in [9.17, 15) is 10.0 Å². The lowest BCUT2D eigenvalue weighted by atomic mass is 9.93. The molecule has 0 aromatic heterocycles. The summed E-state index contributed by atoms with van der Waals surface area (Å²) >= 11 is 0. The summed E-state index contributed by atoms with van der Waals surface area (Å²) in [6.45, 7) is 6.33. The van der Waals surface area contributed by atoms with Crippen LogP contribution in [0.4, 0.5) is 0 Å². The number of benzene rings is 1. The van der Waals surface area contributed by atoms with Crippen LogP contribution in [0.5, 0.6) is 0 Å². The molecule has 18 heavy (non-hydrogen) atoms. The van der Waals surface area contributed by atoms with E-state index in [0.717, 1.165) is 12.0 Å². The highest BCUT2D eigenvalue weighted by Gasteiger charge is 2.21. The van der Waals surface area contributed by atoms with E-state index in [0.29, 0.717) is 17.4 Å². The van der Waals surface area contributed by atoms with E-state index in [1.807, 2.05) is 19.1 Å². The highest BCUT2D eigenvalue weighted by atomic mass is 16.5. The molecule has 0 aliphatic carbocycles. The summed E-state index contributed by atoms with van der Waals surface area (Å²) in [7, 11) is 1.37. The minimum absolute atomic E-state index is 0.255. The van der Waals surface area contributed by atoms with Crippen LogP contribution in [-0.4, -0.2) is 23.2 Å². The van der Waals surface area contributed by atoms with Crippen LogP contribution in [0.25, 0.3) is 0 Å². The van der Waals surface area contributed by atoms with E-state index < -0.39 is 0 Å². The molecule has 0 fully saturated rings. The SMILES string of the molecule is CC[C@H](C(=O)N(C)O)c1ccc(CC(C)C)cc1. The lowest BCUT2D eigenvalue weighted by Gasteiger charge is -2.18. The molecular formula is C15H23NO2. The van der Waals surface area contributed by atoms with Gasteiger partial charge in [0.05, 0.1) is 5.92 Å². The summed E-state index contributed by atoms with van der Waals surface area (Å²) in [4.78, 5) is 11.8. The number of likely N-dealkylation sites (N-methyl/N-ethyl adjacent to an activating group) is 1. The third kappa shape index (κ3) is 3.84. The first kappa shape index (κ1) is 14.7. The monoisotopic (exact) mass is 249 g/mol. The van der Waals surface area contributed by atoms with Crippen LogP contribution in [-0.2, 0) is 11.2 Å². The molecule has 1 amide bonds. The molecule has 0 bridgehead atoms. The van der Waals surface area contributed by atoms with Gasteiger partial charge < -0.3 is 0 Å². The zero-order chi connectivity index (χ0) is 13.7. The Morgan fingerprint density at radius 3 is 2.22 bits per heavy atom. The van der Waals surface area contributed by atoms with Crippen LogP contribution >= 0.6 is 0 Å². The van der Waals surface area contributed by atoms with Gasteiger partial charge in [0.25, 0.3) is 5.91 Å². The van der Waals surface area contributed by atoms with Crippen LogP contribution in [0.2, 0.25) is 0 Å². The van der Waals surface area contributed by atoms with Gasteiger partial charge in [-0.25, -0.2) is 5.06 Å². The molecule has 1 N–H and O–H groups in total. The van der Waals surface area contributed by atoms with Crippen molar-refractivity contribution in [2.75, 3.05) is 7.05 Å². The Bertz CT molecular complexity index is 382. The molecule has 0 spiro atoms. The van der Waals surface area contributed by atoms with E-state index in [1.165, 1.54) is 12.6 Å². The first-order valence-corrected chi connectivity index (χ1v) is 6.51. The maximum Gasteiger partial charge on any atom is 0.253 e. The van der Waals surface area contributed by atoms with Crippen molar-refractivity contribution in [3.05, 3.63) is 35.4 Å². The number of carbonyl (C=O) groups is 1. The largest absolute Gasteiger partial charge is 0.286 e. The van der Waals surface area contributed by atoms with E-state index in [1.54, 1.807) is 0 Å². The van der Waals surface area contributed by atoms with Crippen molar-refractivity contribution in [2.24, 2.45) is 5.92 Å². The molecule has 1 atom stereocenters. The Balaban J connectivity index is 2.85. The van der Waals surface area contributed by atoms with E-state index in [-0.39, 0.29) is 11.8 Å². The summed E-state index contributed by atoms with van der Waals surface area (Å²) in [5, 5.41) is 9.92. The number of nitrogens with zero attached hydrogens (tertiary/aromatic N) is 1. The standard InChI is InChI=1S/C15H23NO2/c1-5-14(15(17)16(4)18)13-8-6-12(7-9-13)10-11(2)3/h6-9,11,14,18H,5,10H2,1-4H3/t14-/m0/s1. The van der Waals surface area contributed by atoms with Crippen molar-refractivity contribution >= 4 is 5.91 Å². The van der Waals surface area contributed by atoms with Gasteiger partial charge in [0.2, 0.25) is 0 Å². The Hall–Kier alpha value is -1.35. The molecule has 1 aromatic carbocycles. The summed E-state index contributed by atoms with van der Waals surface area (Å²) < 4.78 is 0. The summed E-state index contributed by atoms with van der Waals surface area (Å²) in [6, 6.07) is 8.13. The lowest BCUT2D eigenvalue weighted by molar-refractivity contribution is -0.161. The summed E-state index contributed by atoms with van der Waals surface area (Å²) in [6.07, 6.45) is 1.73. The Morgan fingerprint density at radius 2 is 1.83 bits per heavy atom. The van der Waals surface area contributed by atoms with Crippen molar-refractivity contribution in [1.82, 2.24) is 5.06 Å². The zero-order valence-corrected chi connectivity index (χ0v) is 11.7. The van der Waals surface area contributed by atoms with E-state index in [2.05, 4.69) is 26.0 Å². The van der Waals surface area contributed by atoms with Crippen molar-refractivity contribution in [3.63, 3.8) is 0 Å². The van der Waals surface area contributed by atoms with Gasteiger partial charge in [0, 0.05) is 7.05 Å². The van der Waals surface area contributed by atoms with Gasteiger partial charge in [-0.3, -0.25) is 10.0 Å². The second-order valence-electron chi connectivity index (χ2n) is 5.16. The van der Waals surface area contributed by atoms with Gasteiger partial charge in [-0.1, -0.05) is 45.0 Å². The molecule has 1 rings (SSSR count). The maximum absolute atomic E-state index is 11.8. The lowest BCUT2D eigenvalue weighted by Crippen LogP contribution is -2.28. The van der Waals surface area contributed by atoms with Gasteiger partial charge >= 0.3 is 0 Å². The minimum atomic E-state index is -0.256. The van der Waals surface area contributed by atoms with Gasteiger partial charge in [-0.05, 0) is 29.9 Å². The molecule has 0 unspecified atom stereocenters. The molecule has 0 aliphatic heterocycles. The van der Waals surface area contributed by atoms with Gasteiger partial charge in [0.1, 0.15) is 0 Å². The van der Waals surface area contributed by atoms with Crippen LogP contribution in [0, 0.1) is 5.92 Å². The van der Waals surface area contributed by atoms with Crippen molar-refractivity contribution in [2.45, 2.75) is 39.5 Å². The number of rotatable bonds is 5. The van der Waals surface area contributed by atoms with Gasteiger partial charge in [-0.2, -0.15) is 0 Å². The van der Waals surface area contributed by atoms with Crippen LogP contribution < -0.4 is 0 Å². The van der Waals surface area contributed by atoms with Crippen LogP contribution in [0.1, 0.15) is 44.2 Å². The van der Waals surface area contributed by atoms with Crippen LogP contribution in [0.3, 0.4) is 0 Å². The minimum Gasteiger partial charge on any atom is -0.286 e. The zero-order valence-electron chi connectivity index (χ0n) is 11.7. The highest BCUT2D eigenvalue weighted by Crippen LogP contribution is 2.22. The first-order valence-electron chi connectivity index (χ1n) is 6.51. The molecule has 0 saturated heterocycles. The number of carbonyl (C=O) groups excluding carboxylic acids is 1. The average molecular weight is 249 g/mol. The maximum atomic E-state index is 11.8. The fourth-order valence-corrected chi connectivity index (χ4v) is 2.14. The second kappa shape index (κ2) is 6.55. The van der Waals surface area contributed by atoms with Crippen LogP contribution in [0.15, 0.2) is 24.3 Å². The van der Waals surface area contributed by atoms with Crippen molar-refractivity contribution < 1.29 is 10.0 Å². The van der Waals surface area contributed by atoms with Crippen molar-refractivity contribution in [3.8, 4) is 0 Å². The molecule has 3 heteroatoms. The number of hydrogen-bond acceptors (Lipinski definition) is 2. The Labute approximate surface area is 109 Å². The van der Waals surface area contributed by atoms with E-state index in [4.69, 9.17) is 0 Å². The fraction of sp³-hybridized carbons (Fsp3) is 0.533. The predicted molar refractivity (Wildman–Crippen MR) is 72.6 cm³/mol. The van der Waals surface area contributed by atoms with Gasteiger partial charge in [-0.15, -0.1) is 0 Å². The number of amides is 1. The molecule has 0 radical (unpaired) electrons. The predicted octanol–water partition coefficient (Wildman–Crippen LogP) is 3.23. The van der Waals surface area contributed by atoms with E-state index >= 15 is 0 Å². The smallest absolute Gasteiger partial charge is 0.253 e. The Kier molecular flexibility index (Phi) is 5.35. The first-order chi connectivity index (χ1) is 8.45. The highest BCUT2D eigenvalue weighted by molar-refractivity contribution is 5.82. The number of hydroxylamine groups is 2. The molecular weight excluding hydrogens is 226 g/mol. The number of hydrogen-bond donors (Lipinski definition) is 1. The molecule has 1 aromatic rings. The molecule has 0 heterocycles. The van der Waals surface area contributed by atoms with Crippen molar-refractivity contribution in [1.29, 1.82) is 0 Å². The third-order valence-corrected chi connectivity index (χ3v) is 3.05. The quantitative estimate of drug-likeness (QED) is 0.643. The molecule has 100 valence electrons. The normalized spacial score (nSPS) is 12.6. The average Bonchev–Trinajstić information content (AvgIpc) is 2.31. The third-order valence-electron chi connectivity index (χ3n) is 3.05. The van der Waals surface area contributed by atoms with Gasteiger partial charge in [0.15, 0.2) is 0 Å². The summed E-state index contributed by atoms with van der Waals surface area (Å²) in [5.74, 6) is 0.116. The molecule has 0 saturated carbocycles. The topological polar surface area (TPSA) is 40.5 Å². The second-order valence-corrected chi connectivity index (χ2v) is 5.16. The molecule has 0 aliphatic rings.